The smallest absolute Gasteiger partial charge is 0.258 e. The van der Waals surface area contributed by atoms with Crippen molar-refractivity contribution < 1.29 is 14.3 Å². The van der Waals surface area contributed by atoms with Gasteiger partial charge in [-0.2, -0.15) is 0 Å². The number of hydrogen-bond donors (Lipinski definition) is 1. The van der Waals surface area contributed by atoms with Crippen molar-refractivity contribution in [3.63, 3.8) is 0 Å². The monoisotopic (exact) mass is 312 g/mol. The number of ether oxygens (including phenoxy) is 1. The number of nitrogens with zero attached hydrogens (tertiary/aromatic N) is 1. The van der Waals surface area contributed by atoms with Crippen LogP contribution < -0.4 is 10.1 Å². The Bertz CT molecular complexity index is 708. The summed E-state index contributed by atoms with van der Waals surface area (Å²) in [6.45, 7) is 1.54. The Kier molecular flexibility index (Phi) is 4.76. The van der Waals surface area contributed by atoms with Gasteiger partial charge in [0, 0.05) is 13.1 Å². The van der Waals surface area contributed by atoms with E-state index in [0.717, 1.165) is 36.7 Å². The SMILES string of the molecule is O=C(COc1ccc2ccccc2c1)NCC(=O)N1CCCC1. The topological polar surface area (TPSA) is 58.6 Å². The summed E-state index contributed by atoms with van der Waals surface area (Å²) in [5.74, 6) is 0.331. The Morgan fingerprint density at radius 2 is 1.78 bits per heavy atom. The van der Waals surface area contributed by atoms with Crippen molar-refractivity contribution in [2.75, 3.05) is 26.2 Å². The Morgan fingerprint density at radius 1 is 1.04 bits per heavy atom. The molecule has 1 aliphatic rings. The number of fused-ring (bicyclic) bond motifs is 1. The van der Waals surface area contributed by atoms with E-state index in [4.69, 9.17) is 4.74 Å². The molecule has 0 unspecified atom stereocenters. The van der Waals surface area contributed by atoms with E-state index in [0.29, 0.717) is 5.75 Å². The number of hydrogen-bond acceptors (Lipinski definition) is 3. The number of carbonyl (C=O) groups excluding carboxylic acids is 2. The molecule has 0 bridgehead atoms. The normalized spacial score (nSPS) is 14.0. The van der Waals surface area contributed by atoms with Crippen LogP contribution in [0.3, 0.4) is 0 Å². The van der Waals surface area contributed by atoms with Gasteiger partial charge in [-0.3, -0.25) is 9.59 Å². The molecule has 120 valence electrons. The quantitative estimate of drug-likeness (QED) is 0.918. The van der Waals surface area contributed by atoms with Crippen LogP contribution in [0.5, 0.6) is 5.75 Å². The summed E-state index contributed by atoms with van der Waals surface area (Å²) in [6.07, 6.45) is 2.09. The highest BCUT2D eigenvalue weighted by atomic mass is 16.5. The molecule has 2 amide bonds. The molecular formula is C18H20N2O3. The molecule has 0 spiro atoms. The van der Waals surface area contributed by atoms with E-state index in [9.17, 15) is 9.59 Å². The summed E-state index contributed by atoms with van der Waals surface area (Å²) >= 11 is 0. The average Bonchev–Trinajstić information content (AvgIpc) is 3.12. The predicted molar refractivity (Wildman–Crippen MR) is 88.3 cm³/mol. The van der Waals surface area contributed by atoms with Crippen molar-refractivity contribution in [3.8, 4) is 5.75 Å². The third-order valence-electron chi connectivity index (χ3n) is 3.99. The van der Waals surface area contributed by atoms with E-state index in [1.807, 2.05) is 42.5 Å². The van der Waals surface area contributed by atoms with Crippen LogP contribution >= 0.6 is 0 Å². The summed E-state index contributed by atoms with van der Waals surface area (Å²) in [6, 6.07) is 13.7. The zero-order chi connectivity index (χ0) is 16.1. The van der Waals surface area contributed by atoms with Gasteiger partial charge < -0.3 is 15.0 Å². The molecule has 1 heterocycles. The Balaban J connectivity index is 1.47. The second-order valence-electron chi connectivity index (χ2n) is 5.66. The van der Waals surface area contributed by atoms with Gasteiger partial charge in [0.05, 0.1) is 6.54 Å². The molecule has 23 heavy (non-hydrogen) atoms. The Morgan fingerprint density at radius 3 is 2.57 bits per heavy atom. The number of nitrogens with one attached hydrogen (secondary N) is 1. The van der Waals surface area contributed by atoms with Crippen LogP contribution in [0.2, 0.25) is 0 Å². The summed E-state index contributed by atoms with van der Waals surface area (Å²) in [5, 5.41) is 4.80. The van der Waals surface area contributed by atoms with Crippen LogP contribution in [0.25, 0.3) is 10.8 Å². The molecule has 2 aromatic rings. The summed E-state index contributed by atoms with van der Waals surface area (Å²) in [7, 11) is 0. The fourth-order valence-corrected chi connectivity index (χ4v) is 2.71. The van der Waals surface area contributed by atoms with Gasteiger partial charge in [-0.15, -0.1) is 0 Å². The molecule has 0 saturated carbocycles. The lowest BCUT2D eigenvalue weighted by Crippen LogP contribution is -2.40. The molecule has 2 aromatic carbocycles. The zero-order valence-corrected chi connectivity index (χ0v) is 13.0. The summed E-state index contributed by atoms with van der Waals surface area (Å²) < 4.78 is 5.50. The maximum absolute atomic E-state index is 11.8. The van der Waals surface area contributed by atoms with Crippen molar-refractivity contribution in [2.45, 2.75) is 12.8 Å². The second kappa shape index (κ2) is 7.13. The molecule has 3 rings (SSSR count). The Labute approximate surface area is 135 Å². The van der Waals surface area contributed by atoms with Gasteiger partial charge >= 0.3 is 0 Å². The molecule has 1 aliphatic heterocycles. The van der Waals surface area contributed by atoms with Crippen molar-refractivity contribution in [2.24, 2.45) is 0 Å². The van der Waals surface area contributed by atoms with Gasteiger partial charge in [-0.1, -0.05) is 30.3 Å². The van der Waals surface area contributed by atoms with Gasteiger partial charge in [0.1, 0.15) is 5.75 Å². The Hall–Kier alpha value is -2.56. The van der Waals surface area contributed by atoms with Gasteiger partial charge in [-0.05, 0) is 35.7 Å². The molecule has 0 atom stereocenters. The number of carbonyl (C=O) groups is 2. The molecular weight excluding hydrogens is 292 g/mol. The van der Waals surface area contributed by atoms with Crippen LogP contribution in [-0.2, 0) is 9.59 Å². The summed E-state index contributed by atoms with van der Waals surface area (Å²) in [4.78, 5) is 25.4. The van der Waals surface area contributed by atoms with Crippen LogP contribution in [0.1, 0.15) is 12.8 Å². The summed E-state index contributed by atoms with van der Waals surface area (Å²) in [5.41, 5.74) is 0. The zero-order valence-electron chi connectivity index (χ0n) is 13.0. The minimum atomic E-state index is -0.286. The van der Waals surface area contributed by atoms with Crippen molar-refractivity contribution in [3.05, 3.63) is 42.5 Å². The number of amides is 2. The largest absolute Gasteiger partial charge is 0.484 e. The highest BCUT2D eigenvalue weighted by molar-refractivity contribution is 5.86. The maximum Gasteiger partial charge on any atom is 0.258 e. The molecule has 0 aliphatic carbocycles. The van der Waals surface area contributed by atoms with E-state index >= 15 is 0 Å². The number of rotatable bonds is 5. The fraction of sp³-hybridized carbons (Fsp3) is 0.333. The highest BCUT2D eigenvalue weighted by Crippen LogP contribution is 2.20. The van der Waals surface area contributed by atoms with Crippen LogP contribution in [0, 0.1) is 0 Å². The molecule has 5 nitrogen and oxygen atoms in total. The molecule has 0 radical (unpaired) electrons. The van der Waals surface area contributed by atoms with Crippen LogP contribution in [-0.4, -0.2) is 43.0 Å². The first-order valence-electron chi connectivity index (χ1n) is 7.88. The lowest BCUT2D eigenvalue weighted by atomic mass is 10.1. The lowest BCUT2D eigenvalue weighted by Gasteiger charge is -2.15. The molecule has 1 N–H and O–H groups in total. The molecule has 0 aromatic heterocycles. The van der Waals surface area contributed by atoms with Gasteiger partial charge in [0.2, 0.25) is 5.91 Å². The predicted octanol–water partition coefficient (Wildman–Crippen LogP) is 1.96. The minimum absolute atomic E-state index is 0.0263. The first kappa shape index (κ1) is 15.3. The van der Waals surface area contributed by atoms with Gasteiger partial charge in [0.25, 0.3) is 5.91 Å². The molecule has 1 saturated heterocycles. The van der Waals surface area contributed by atoms with Crippen molar-refractivity contribution in [1.82, 2.24) is 10.2 Å². The molecule has 1 fully saturated rings. The minimum Gasteiger partial charge on any atom is -0.484 e. The number of likely N-dealkylation sites (tertiary alicyclic amines) is 1. The van der Waals surface area contributed by atoms with Gasteiger partial charge in [-0.25, -0.2) is 0 Å². The number of benzene rings is 2. The first-order chi connectivity index (χ1) is 11.2. The van der Waals surface area contributed by atoms with Gasteiger partial charge in [0.15, 0.2) is 6.61 Å². The van der Waals surface area contributed by atoms with Crippen LogP contribution in [0.4, 0.5) is 0 Å². The van der Waals surface area contributed by atoms with E-state index in [1.54, 1.807) is 4.90 Å². The second-order valence-corrected chi connectivity index (χ2v) is 5.66. The van der Waals surface area contributed by atoms with E-state index < -0.39 is 0 Å². The third-order valence-corrected chi connectivity index (χ3v) is 3.99. The fourth-order valence-electron chi connectivity index (χ4n) is 2.71. The standard InChI is InChI=1S/C18H20N2O3/c21-17(19-12-18(22)20-9-3-4-10-20)13-23-16-8-7-14-5-1-2-6-15(14)11-16/h1-2,5-8,11H,3-4,9-10,12-13H2,(H,19,21). The lowest BCUT2D eigenvalue weighted by molar-refractivity contribution is -0.132. The van der Waals surface area contributed by atoms with Crippen molar-refractivity contribution >= 4 is 22.6 Å². The van der Waals surface area contributed by atoms with E-state index in [1.165, 1.54) is 0 Å². The average molecular weight is 312 g/mol. The third kappa shape index (κ3) is 4.00. The van der Waals surface area contributed by atoms with Crippen molar-refractivity contribution in [1.29, 1.82) is 0 Å². The molecule has 5 heteroatoms. The van der Waals surface area contributed by atoms with Crippen LogP contribution in [0.15, 0.2) is 42.5 Å². The highest BCUT2D eigenvalue weighted by Gasteiger charge is 2.18. The maximum atomic E-state index is 11.8. The van der Waals surface area contributed by atoms with E-state index in [-0.39, 0.29) is 25.0 Å². The first-order valence-corrected chi connectivity index (χ1v) is 7.88. The van der Waals surface area contributed by atoms with E-state index in [2.05, 4.69) is 5.32 Å².